The van der Waals surface area contributed by atoms with Gasteiger partial charge in [-0.05, 0) is 50.4 Å². The number of benzene rings is 8. The molecule has 2 aliphatic rings. The van der Waals surface area contributed by atoms with E-state index in [0.29, 0.717) is 17.5 Å². The third kappa shape index (κ3) is 5.03. The maximum absolute atomic E-state index is 5.61. The Morgan fingerprint density at radius 1 is 0.271 bits per heavy atom. The average molecular weight is 751 g/mol. The lowest BCUT2D eigenvalue weighted by atomic mass is 9.69. The fourth-order valence-electron chi connectivity index (χ4n) is 9.57. The largest absolute Gasteiger partial charge is 0.247 e. The Labute approximate surface area is 342 Å². The molecule has 4 nitrogen and oxygen atoms in total. The molecular formula is C55H34N4. The first kappa shape index (κ1) is 33.3. The van der Waals surface area contributed by atoms with E-state index in [2.05, 4.69) is 146 Å². The van der Waals surface area contributed by atoms with Gasteiger partial charge in [0.1, 0.15) is 0 Å². The van der Waals surface area contributed by atoms with Crippen LogP contribution in [-0.4, -0.2) is 19.9 Å². The highest BCUT2D eigenvalue weighted by atomic mass is 15.0. The van der Waals surface area contributed by atoms with E-state index in [1.54, 1.807) is 0 Å². The molecule has 0 amide bonds. The summed E-state index contributed by atoms with van der Waals surface area (Å²) in [6.45, 7) is 0. The monoisotopic (exact) mass is 750 g/mol. The van der Waals surface area contributed by atoms with Gasteiger partial charge < -0.3 is 0 Å². The van der Waals surface area contributed by atoms with Crippen molar-refractivity contribution in [1.29, 1.82) is 0 Å². The van der Waals surface area contributed by atoms with Crippen molar-refractivity contribution in [1.82, 2.24) is 19.9 Å². The fourth-order valence-corrected chi connectivity index (χ4v) is 9.57. The van der Waals surface area contributed by atoms with Crippen LogP contribution in [-0.2, 0) is 5.41 Å². The molecule has 0 saturated heterocycles. The number of nitrogens with zero attached hydrogens (tertiary/aromatic N) is 4. The third-order valence-corrected chi connectivity index (χ3v) is 12.1. The van der Waals surface area contributed by atoms with E-state index in [1.807, 2.05) is 60.7 Å². The molecule has 0 saturated carbocycles. The molecule has 12 rings (SSSR count). The molecule has 10 aromatic rings. The first-order valence-corrected chi connectivity index (χ1v) is 20.1. The maximum atomic E-state index is 5.61. The zero-order valence-corrected chi connectivity index (χ0v) is 31.9. The van der Waals surface area contributed by atoms with Crippen molar-refractivity contribution < 1.29 is 0 Å². The number of fused-ring (bicyclic) bond motifs is 12. The Hall–Kier alpha value is -7.82. The van der Waals surface area contributed by atoms with Crippen LogP contribution < -0.4 is 0 Å². The van der Waals surface area contributed by atoms with Crippen molar-refractivity contribution >= 4 is 10.8 Å². The lowest BCUT2D eigenvalue weighted by Gasteiger charge is -2.31. The van der Waals surface area contributed by atoms with Gasteiger partial charge in [0.15, 0.2) is 17.5 Å². The smallest absolute Gasteiger partial charge is 0.164 e. The quantitative estimate of drug-likeness (QED) is 0.176. The highest BCUT2D eigenvalue weighted by molar-refractivity contribution is 6.07. The molecule has 8 aromatic carbocycles. The van der Waals surface area contributed by atoms with E-state index in [4.69, 9.17) is 19.9 Å². The first-order chi connectivity index (χ1) is 29.3. The van der Waals surface area contributed by atoms with Crippen LogP contribution in [0.25, 0.3) is 89.7 Å². The minimum absolute atomic E-state index is 0.553. The summed E-state index contributed by atoms with van der Waals surface area (Å²) < 4.78 is 0. The summed E-state index contributed by atoms with van der Waals surface area (Å²) in [7, 11) is 0. The summed E-state index contributed by atoms with van der Waals surface area (Å²) in [4.78, 5) is 20.5. The van der Waals surface area contributed by atoms with E-state index in [0.717, 1.165) is 50.2 Å². The van der Waals surface area contributed by atoms with Gasteiger partial charge in [0, 0.05) is 38.8 Å². The Morgan fingerprint density at radius 3 is 1.34 bits per heavy atom. The molecule has 1 spiro atoms. The third-order valence-electron chi connectivity index (χ3n) is 12.1. The Bertz CT molecular complexity index is 3190. The Balaban J connectivity index is 1.04. The highest BCUT2D eigenvalue weighted by Crippen LogP contribution is 2.64. The van der Waals surface area contributed by atoms with Gasteiger partial charge >= 0.3 is 0 Å². The highest BCUT2D eigenvalue weighted by Gasteiger charge is 2.53. The lowest BCUT2D eigenvalue weighted by molar-refractivity contribution is 0.800. The predicted octanol–water partition coefficient (Wildman–Crippen LogP) is 13.1. The van der Waals surface area contributed by atoms with Crippen LogP contribution in [0.1, 0.15) is 22.3 Å². The topological polar surface area (TPSA) is 51.6 Å². The summed E-state index contributed by atoms with van der Waals surface area (Å²) in [5.74, 6) is 1.94. The molecule has 1 unspecified atom stereocenters. The SMILES string of the molecule is c1ccc(-c2nc(-c3ccccc3)nc(-c3ccc(-c4ccc5c(c4)C4(c6ccccc6-5)c5ccccc5-c5nc(-c6ccccc6)c6ccccc6c54)cc3)n2)cc1. The molecule has 59 heavy (non-hydrogen) atoms. The molecule has 274 valence electrons. The zero-order valence-electron chi connectivity index (χ0n) is 31.9. The summed E-state index contributed by atoms with van der Waals surface area (Å²) in [6, 6.07) is 73.2. The van der Waals surface area contributed by atoms with Gasteiger partial charge in [0.2, 0.25) is 0 Å². The van der Waals surface area contributed by atoms with Crippen molar-refractivity contribution in [2.24, 2.45) is 0 Å². The van der Waals surface area contributed by atoms with Gasteiger partial charge in [0.05, 0.1) is 16.8 Å². The van der Waals surface area contributed by atoms with Crippen molar-refractivity contribution in [2.45, 2.75) is 5.41 Å². The Kier molecular flexibility index (Phi) is 7.41. The molecule has 0 radical (unpaired) electrons. The summed E-state index contributed by atoms with van der Waals surface area (Å²) in [6.07, 6.45) is 0. The second-order valence-corrected chi connectivity index (χ2v) is 15.3. The van der Waals surface area contributed by atoms with E-state index < -0.39 is 5.41 Å². The van der Waals surface area contributed by atoms with Gasteiger partial charge in [-0.2, -0.15) is 0 Å². The number of hydrogen-bond donors (Lipinski definition) is 0. The molecule has 2 aliphatic carbocycles. The summed E-state index contributed by atoms with van der Waals surface area (Å²) in [5.41, 5.74) is 16.5. The maximum Gasteiger partial charge on any atom is 0.164 e. The fraction of sp³-hybridized carbons (Fsp3) is 0.0182. The van der Waals surface area contributed by atoms with Gasteiger partial charge in [-0.1, -0.05) is 200 Å². The minimum atomic E-state index is -0.553. The lowest BCUT2D eigenvalue weighted by Crippen LogP contribution is -2.26. The van der Waals surface area contributed by atoms with Crippen LogP contribution in [0.15, 0.2) is 206 Å². The summed E-state index contributed by atoms with van der Waals surface area (Å²) in [5, 5.41) is 2.39. The van der Waals surface area contributed by atoms with E-state index >= 15 is 0 Å². The molecule has 0 aliphatic heterocycles. The van der Waals surface area contributed by atoms with Crippen LogP contribution in [0.3, 0.4) is 0 Å². The number of aromatic nitrogens is 4. The van der Waals surface area contributed by atoms with Gasteiger partial charge in [0.25, 0.3) is 0 Å². The van der Waals surface area contributed by atoms with Crippen LogP contribution in [0, 0.1) is 0 Å². The standard InChI is InChI=1S/C55H34N4/c1-4-16-36(17-5-1)50-44-24-11-10-23-43(44)49-51(56-50)45-25-13-15-27-47(45)55(49)46-26-14-12-22-41(46)42-33-32-40(34-48(42)55)35-28-30-39(31-29-35)54-58-52(37-18-6-2-7-19-37)57-53(59-54)38-20-8-3-9-21-38/h1-34H. The van der Waals surface area contributed by atoms with E-state index in [-0.39, 0.29) is 0 Å². The Morgan fingerprint density at radius 2 is 0.712 bits per heavy atom. The van der Waals surface area contributed by atoms with E-state index in [1.165, 1.54) is 44.3 Å². The molecule has 1 atom stereocenters. The van der Waals surface area contributed by atoms with Gasteiger partial charge in [-0.3, -0.25) is 0 Å². The van der Waals surface area contributed by atoms with Crippen molar-refractivity contribution in [3.63, 3.8) is 0 Å². The predicted molar refractivity (Wildman–Crippen MR) is 239 cm³/mol. The molecule has 2 heterocycles. The van der Waals surface area contributed by atoms with Gasteiger partial charge in [-0.25, -0.2) is 19.9 Å². The number of pyridine rings is 1. The van der Waals surface area contributed by atoms with Crippen molar-refractivity contribution in [3.05, 3.63) is 229 Å². The molecule has 0 fully saturated rings. The molecular weight excluding hydrogens is 717 g/mol. The second kappa shape index (κ2) is 13.1. The molecule has 4 heteroatoms. The molecule has 0 bridgehead atoms. The summed E-state index contributed by atoms with van der Waals surface area (Å²) >= 11 is 0. The molecule has 0 N–H and O–H groups in total. The van der Waals surface area contributed by atoms with Crippen molar-refractivity contribution in [2.75, 3.05) is 0 Å². The first-order valence-electron chi connectivity index (χ1n) is 20.1. The number of hydrogen-bond acceptors (Lipinski definition) is 4. The van der Waals surface area contributed by atoms with E-state index in [9.17, 15) is 0 Å². The molecule has 2 aromatic heterocycles. The normalized spacial score (nSPS) is 14.5. The second-order valence-electron chi connectivity index (χ2n) is 15.3. The number of rotatable bonds is 5. The van der Waals surface area contributed by atoms with Crippen LogP contribution in [0.4, 0.5) is 0 Å². The van der Waals surface area contributed by atoms with Crippen LogP contribution in [0.5, 0.6) is 0 Å². The average Bonchev–Trinajstić information content (AvgIpc) is 3.79. The van der Waals surface area contributed by atoms with Crippen LogP contribution in [0.2, 0.25) is 0 Å². The minimum Gasteiger partial charge on any atom is -0.247 e. The van der Waals surface area contributed by atoms with Gasteiger partial charge in [-0.15, -0.1) is 0 Å². The van der Waals surface area contributed by atoms with Crippen molar-refractivity contribution in [3.8, 4) is 78.9 Å². The van der Waals surface area contributed by atoms with Crippen LogP contribution >= 0.6 is 0 Å². The zero-order chi connectivity index (χ0) is 38.9.